The maximum Gasteiger partial charge on any atom is 0.231 e. The van der Waals surface area contributed by atoms with Gasteiger partial charge in [0, 0.05) is 37.1 Å². The van der Waals surface area contributed by atoms with E-state index in [4.69, 9.17) is 15.2 Å². The van der Waals surface area contributed by atoms with Crippen LogP contribution in [0.4, 0.5) is 17.5 Å². The summed E-state index contributed by atoms with van der Waals surface area (Å²) < 4.78 is 11.8. The van der Waals surface area contributed by atoms with E-state index in [1.54, 1.807) is 6.07 Å². The van der Waals surface area contributed by atoms with E-state index in [2.05, 4.69) is 14.9 Å². The number of nitrogens with two attached hydrogens (primary N) is 1. The Hall–Kier alpha value is -2.54. The molecule has 28 heavy (non-hydrogen) atoms. The summed E-state index contributed by atoms with van der Waals surface area (Å²) in [4.78, 5) is 13.2. The van der Waals surface area contributed by atoms with Crippen LogP contribution < -0.4 is 20.1 Å². The number of hydrogen-bond acceptors (Lipinski definition) is 7. The first-order valence-corrected chi connectivity index (χ1v) is 10.0. The number of aryl methyl sites for hydroxylation is 1. The smallest absolute Gasteiger partial charge is 0.231 e. The minimum Gasteiger partial charge on any atom is -0.490 e. The van der Waals surface area contributed by atoms with Crippen LogP contribution in [0.1, 0.15) is 31.9 Å². The second-order valence-electron chi connectivity index (χ2n) is 7.11. The zero-order valence-corrected chi connectivity index (χ0v) is 17.1. The number of rotatable bonds is 9. The van der Waals surface area contributed by atoms with Gasteiger partial charge in [0.2, 0.25) is 5.95 Å². The summed E-state index contributed by atoms with van der Waals surface area (Å²) in [5.74, 6) is 2.51. The normalized spacial score (nSPS) is 14.2. The molecule has 0 saturated carbocycles. The molecule has 0 bridgehead atoms. The Bertz CT molecular complexity index is 757. The molecule has 1 aromatic heterocycles. The second kappa shape index (κ2) is 9.59. The van der Waals surface area contributed by atoms with E-state index in [0.717, 1.165) is 35.8 Å². The van der Waals surface area contributed by atoms with E-state index in [-0.39, 0.29) is 0 Å². The predicted octanol–water partition coefficient (Wildman–Crippen LogP) is 3.40. The van der Waals surface area contributed by atoms with Crippen molar-refractivity contribution in [2.45, 2.75) is 33.1 Å². The van der Waals surface area contributed by atoms with E-state index in [9.17, 15) is 0 Å². The van der Waals surface area contributed by atoms with Gasteiger partial charge in [0.15, 0.2) is 11.5 Å². The lowest BCUT2D eigenvalue weighted by Crippen LogP contribution is -2.22. The molecular weight excluding hydrogens is 354 g/mol. The Kier molecular flexibility index (Phi) is 6.92. The molecule has 2 heterocycles. The first-order chi connectivity index (χ1) is 13.6. The van der Waals surface area contributed by atoms with Crippen LogP contribution in [0.5, 0.6) is 11.5 Å². The molecule has 0 unspecified atom stereocenters. The minimum atomic E-state index is 0.457. The number of nitrogen functional groups attached to an aromatic ring is 1. The van der Waals surface area contributed by atoms with Crippen LogP contribution in [0.25, 0.3) is 0 Å². The van der Waals surface area contributed by atoms with Crippen LogP contribution in [-0.2, 0) is 0 Å². The molecule has 7 heteroatoms. The van der Waals surface area contributed by atoms with Crippen LogP contribution in [0, 0.1) is 6.92 Å². The standard InChI is InChI=1S/C21H31N5O2/c1-4-27-18-9-8-17(25(3)21-23-16(2)14-20(22)24-21)15-19(18)28-13-7-12-26-10-5-6-11-26/h8-9,14-15H,4-7,10-13H2,1-3H3,(H2,22,23,24). The summed E-state index contributed by atoms with van der Waals surface area (Å²) in [7, 11) is 1.92. The van der Waals surface area contributed by atoms with E-state index < -0.39 is 0 Å². The van der Waals surface area contributed by atoms with Crippen molar-refractivity contribution in [1.82, 2.24) is 14.9 Å². The van der Waals surface area contributed by atoms with E-state index >= 15 is 0 Å². The molecule has 0 amide bonds. The zero-order chi connectivity index (χ0) is 19.9. The van der Waals surface area contributed by atoms with Crippen LogP contribution in [0.15, 0.2) is 24.3 Å². The van der Waals surface area contributed by atoms with E-state index in [1.165, 1.54) is 25.9 Å². The summed E-state index contributed by atoms with van der Waals surface area (Å²) >= 11 is 0. The Labute approximate surface area is 167 Å². The molecule has 7 nitrogen and oxygen atoms in total. The second-order valence-corrected chi connectivity index (χ2v) is 7.11. The monoisotopic (exact) mass is 385 g/mol. The lowest BCUT2D eigenvalue weighted by molar-refractivity contribution is 0.248. The lowest BCUT2D eigenvalue weighted by Gasteiger charge is -2.20. The third-order valence-electron chi connectivity index (χ3n) is 4.85. The van der Waals surface area contributed by atoms with Gasteiger partial charge in [-0.1, -0.05) is 0 Å². The highest BCUT2D eigenvalue weighted by Gasteiger charge is 2.14. The third-order valence-corrected chi connectivity index (χ3v) is 4.85. The largest absolute Gasteiger partial charge is 0.490 e. The van der Waals surface area contributed by atoms with Crippen LogP contribution in [0.2, 0.25) is 0 Å². The Balaban J connectivity index is 1.70. The molecule has 3 rings (SSSR count). The average Bonchev–Trinajstić information content (AvgIpc) is 3.18. The van der Waals surface area contributed by atoms with Crippen LogP contribution in [0.3, 0.4) is 0 Å². The Morgan fingerprint density at radius 3 is 2.61 bits per heavy atom. The number of hydrogen-bond donors (Lipinski definition) is 1. The van der Waals surface area contributed by atoms with Gasteiger partial charge in [-0.25, -0.2) is 4.98 Å². The lowest BCUT2D eigenvalue weighted by atomic mass is 10.2. The summed E-state index contributed by atoms with van der Waals surface area (Å²) in [5, 5.41) is 0. The van der Waals surface area contributed by atoms with Crippen molar-refractivity contribution >= 4 is 17.5 Å². The van der Waals surface area contributed by atoms with Crippen molar-refractivity contribution in [3.63, 3.8) is 0 Å². The van der Waals surface area contributed by atoms with Gasteiger partial charge in [-0.2, -0.15) is 4.98 Å². The van der Waals surface area contributed by atoms with Crippen molar-refractivity contribution < 1.29 is 9.47 Å². The van der Waals surface area contributed by atoms with E-state index in [1.807, 2.05) is 44.0 Å². The van der Waals surface area contributed by atoms with Gasteiger partial charge in [0.25, 0.3) is 0 Å². The van der Waals surface area contributed by atoms with Crippen molar-refractivity contribution in [3.05, 3.63) is 30.0 Å². The molecule has 1 aliphatic heterocycles. The van der Waals surface area contributed by atoms with Gasteiger partial charge < -0.3 is 25.0 Å². The van der Waals surface area contributed by atoms with Crippen molar-refractivity contribution in [2.24, 2.45) is 0 Å². The van der Waals surface area contributed by atoms with Gasteiger partial charge in [-0.15, -0.1) is 0 Å². The average molecular weight is 386 g/mol. The molecule has 152 valence electrons. The third kappa shape index (κ3) is 5.25. The molecule has 2 N–H and O–H groups in total. The van der Waals surface area contributed by atoms with Gasteiger partial charge in [-0.05, 0) is 58.3 Å². The SMILES string of the molecule is CCOc1ccc(N(C)c2nc(C)cc(N)n2)cc1OCCCN1CCCC1. The quantitative estimate of drug-likeness (QED) is 0.663. The maximum atomic E-state index is 6.08. The highest BCUT2D eigenvalue weighted by molar-refractivity contribution is 5.62. The number of likely N-dealkylation sites (tertiary alicyclic amines) is 1. The molecule has 0 radical (unpaired) electrons. The molecule has 0 atom stereocenters. The predicted molar refractivity (Wildman–Crippen MR) is 113 cm³/mol. The number of nitrogens with zero attached hydrogens (tertiary/aromatic N) is 4. The van der Waals surface area contributed by atoms with Gasteiger partial charge in [-0.3, -0.25) is 0 Å². The molecular formula is C21H31N5O2. The van der Waals surface area contributed by atoms with E-state index in [0.29, 0.717) is 25.0 Å². The molecule has 0 aliphatic carbocycles. The van der Waals surface area contributed by atoms with Crippen LogP contribution >= 0.6 is 0 Å². The summed E-state index contributed by atoms with van der Waals surface area (Å²) in [6, 6.07) is 7.64. The van der Waals surface area contributed by atoms with Gasteiger partial charge in [0.1, 0.15) is 5.82 Å². The van der Waals surface area contributed by atoms with Crippen molar-refractivity contribution in [3.8, 4) is 11.5 Å². The fourth-order valence-electron chi connectivity index (χ4n) is 3.41. The number of benzene rings is 1. The molecule has 1 aliphatic rings. The first kappa shape index (κ1) is 20.2. The molecule has 0 spiro atoms. The number of ether oxygens (including phenoxy) is 2. The summed E-state index contributed by atoms with van der Waals surface area (Å²) in [5.41, 5.74) is 7.63. The van der Waals surface area contributed by atoms with Gasteiger partial charge in [0.05, 0.1) is 13.2 Å². The molecule has 1 aromatic carbocycles. The topological polar surface area (TPSA) is 76.7 Å². The van der Waals surface area contributed by atoms with Crippen LogP contribution in [-0.4, -0.2) is 54.8 Å². The molecule has 2 aromatic rings. The fourth-order valence-corrected chi connectivity index (χ4v) is 3.41. The van der Waals surface area contributed by atoms with Crippen molar-refractivity contribution in [1.29, 1.82) is 0 Å². The Morgan fingerprint density at radius 2 is 1.89 bits per heavy atom. The van der Waals surface area contributed by atoms with Crippen molar-refractivity contribution in [2.75, 3.05) is 50.5 Å². The molecule has 1 fully saturated rings. The first-order valence-electron chi connectivity index (χ1n) is 10.0. The van der Waals surface area contributed by atoms with Gasteiger partial charge >= 0.3 is 0 Å². The minimum absolute atomic E-state index is 0.457. The Morgan fingerprint density at radius 1 is 1.11 bits per heavy atom. The molecule has 1 saturated heterocycles. The number of anilines is 3. The summed E-state index contributed by atoms with van der Waals surface area (Å²) in [6.45, 7) is 8.64. The maximum absolute atomic E-state index is 6.08. The zero-order valence-electron chi connectivity index (χ0n) is 17.1. The summed E-state index contributed by atoms with van der Waals surface area (Å²) in [6.07, 6.45) is 3.63. The highest BCUT2D eigenvalue weighted by atomic mass is 16.5. The highest BCUT2D eigenvalue weighted by Crippen LogP contribution is 2.33. The number of aromatic nitrogens is 2. The fraction of sp³-hybridized carbons (Fsp3) is 0.524.